The summed E-state index contributed by atoms with van der Waals surface area (Å²) in [5, 5.41) is 0.389. The van der Waals surface area contributed by atoms with Gasteiger partial charge in [-0.15, -0.1) is 5.06 Å². The molecule has 0 atom stereocenters. The second kappa shape index (κ2) is 4.87. The van der Waals surface area contributed by atoms with Gasteiger partial charge in [0.25, 0.3) is 11.8 Å². The highest BCUT2D eigenvalue weighted by Crippen LogP contribution is 2.12. The third kappa shape index (κ3) is 3.31. The molecule has 0 aromatic rings. The van der Waals surface area contributed by atoms with Crippen LogP contribution >= 0.6 is 0 Å². The minimum atomic E-state index is -2.66. The van der Waals surface area contributed by atoms with Crippen LogP contribution in [0.15, 0.2) is 0 Å². The number of amides is 2. The van der Waals surface area contributed by atoms with Crippen LogP contribution in [0.5, 0.6) is 0 Å². The summed E-state index contributed by atoms with van der Waals surface area (Å²) in [7, 11) is -2.66. The van der Waals surface area contributed by atoms with Gasteiger partial charge in [-0.2, -0.15) is 0 Å². The Labute approximate surface area is 86.9 Å². The molecular formula is C7H9NO6S. The van der Waals surface area contributed by atoms with Crippen molar-refractivity contribution in [2.24, 2.45) is 0 Å². The van der Waals surface area contributed by atoms with E-state index in [1.165, 1.54) is 0 Å². The number of rotatable bonds is 4. The van der Waals surface area contributed by atoms with Gasteiger partial charge in [0.15, 0.2) is 0 Å². The van der Waals surface area contributed by atoms with E-state index < -0.39 is 28.5 Å². The Morgan fingerprint density at radius 3 is 2.27 bits per heavy atom. The van der Waals surface area contributed by atoms with Gasteiger partial charge in [0.2, 0.25) is 0 Å². The van der Waals surface area contributed by atoms with E-state index in [1.807, 2.05) is 0 Å². The van der Waals surface area contributed by atoms with Gasteiger partial charge in [-0.3, -0.25) is 9.59 Å². The van der Waals surface area contributed by atoms with Gasteiger partial charge in [0, 0.05) is 12.8 Å². The normalized spacial score (nSPS) is 16.2. The third-order valence-electron chi connectivity index (χ3n) is 1.70. The predicted octanol–water partition coefficient (Wildman–Crippen LogP) is -1.40. The summed E-state index contributed by atoms with van der Waals surface area (Å²) in [6.07, 6.45) is -0.334. The van der Waals surface area contributed by atoms with E-state index in [2.05, 4.69) is 4.84 Å². The van der Waals surface area contributed by atoms with Crippen molar-refractivity contribution in [3.63, 3.8) is 0 Å². The number of hydroxylamine groups is 2. The first-order valence-corrected chi connectivity index (χ1v) is 5.55. The third-order valence-corrected chi connectivity index (χ3v) is 2.29. The number of thiol groups is 1. The van der Waals surface area contributed by atoms with E-state index >= 15 is 0 Å². The first-order chi connectivity index (χ1) is 7.00. The van der Waals surface area contributed by atoms with Crippen molar-refractivity contribution in [2.75, 3.05) is 5.75 Å². The maximum Gasteiger partial charge on any atom is 0.334 e. The molecule has 0 saturated carbocycles. The van der Waals surface area contributed by atoms with Crippen molar-refractivity contribution < 1.29 is 27.6 Å². The highest BCUT2D eigenvalue weighted by atomic mass is 32.2. The van der Waals surface area contributed by atoms with Crippen LogP contribution in [0.1, 0.15) is 19.3 Å². The lowest BCUT2D eigenvalue weighted by atomic mass is 10.4. The number of hydrogen-bond donors (Lipinski definition) is 1. The number of nitrogens with zero attached hydrogens (tertiary/aromatic N) is 1. The summed E-state index contributed by atoms with van der Waals surface area (Å²) in [5.74, 6) is -2.43. The monoisotopic (exact) mass is 235 g/mol. The fourth-order valence-electron chi connectivity index (χ4n) is 0.988. The van der Waals surface area contributed by atoms with Crippen molar-refractivity contribution in [3.05, 3.63) is 0 Å². The topological polar surface area (TPSA) is 97.8 Å². The summed E-state index contributed by atoms with van der Waals surface area (Å²) in [6.45, 7) is 0. The van der Waals surface area contributed by atoms with E-state index in [4.69, 9.17) is 0 Å². The van der Waals surface area contributed by atoms with Gasteiger partial charge in [0.1, 0.15) is 10.7 Å². The molecule has 1 rings (SSSR count). The second-order valence-corrected chi connectivity index (χ2v) is 3.96. The molecule has 7 nitrogen and oxygen atoms in total. The lowest BCUT2D eigenvalue weighted by Crippen LogP contribution is -2.32. The number of carbonyl (C=O) groups excluding carboxylic acids is 3. The molecule has 1 heterocycles. The lowest BCUT2D eigenvalue weighted by molar-refractivity contribution is -0.197. The first-order valence-electron chi connectivity index (χ1n) is 4.19. The molecule has 0 aromatic carbocycles. The maximum absolute atomic E-state index is 11.0. The Bertz CT molecular complexity index is 350. The fourth-order valence-corrected chi connectivity index (χ4v) is 1.35. The van der Waals surface area contributed by atoms with E-state index in [0.717, 1.165) is 0 Å². The SMILES string of the molecule is O=C(CC[SH](=O)=O)ON1C(=O)CCC1=O. The Morgan fingerprint density at radius 2 is 1.80 bits per heavy atom. The zero-order valence-electron chi connectivity index (χ0n) is 7.67. The molecule has 8 heteroatoms. The van der Waals surface area contributed by atoms with Crippen LogP contribution in [0.4, 0.5) is 0 Å². The molecule has 0 radical (unpaired) electrons. The van der Waals surface area contributed by atoms with Crippen LogP contribution in [0, 0.1) is 0 Å². The van der Waals surface area contributed by atoms with Crippen LogP contribution in [0.25, 0.3) is 0 Å². The van der Waals surface area contributed by atoms with Crippen molar-refractivity contribution in [3.8, 4) is 0 Å². The van der Waals surface area contributed by atoms with Gasteiger partial charge in [-0.05, 0) is 0 Å². The molecule has 0 aromatic heterocycles. The largest absolute Gasteiger partial charge is 0.334 e. The van der Waals surface area contributed by atoms with Crippen molar-refractivity contribution in [1.82, 2.24) is 5.06 Å². The standard InChI is InChI=1S/C7H9NO6S/c9-5-1-2-6(10)8(5)14-7(11)3-4-15(12)13/h15H,1-4H2. The molecule has 0 spiro atoms. The van der Waals surface area contributed by atoms with Gasteiger partial charge >= 0.3 is 5.97 Å². The van der Waals surface area contributed by atoms with Crippen LogP contribution in [0.3, 0.4) is 0 Å². The van der Waals surface area contributed by atoms with E-state index in [0.29, 0.717) is 5.06 Å². The van der Waals surface area contributed by atoms with Crippen molar-refractivity contribution >= 4 is 28.5 Å². The van der Waals surface area contributed by atoms with Crippen LogP contribution in [-0.4, -0.2) is 37.0 Å². The summed E-state index contributed by atoms with van der Waals surface area (Å²) in [6, 6.07) is 0. The molecule has 1 saturated heterocycles. The molecule has 0 aliphatic carbocycles. The summed E-state index contributed by atoms with van der Waals surface area (Å²) < 4.78 is 20.3. The van der Waals surface area contributed by atoms with E-state index in [9.17, 15) is 22.8 Å². The van der Waals surface area contributed by atoms with Gasteiger partial charge in [0.05, 0.1) is 12.2 Å². The summed E-state index contributed by atoms with van der Waals surface area (Å²) in [4.78, 5) is 37.3. The average molecular weight is 235 g/mol. The maximum atomic E-state index is 11.0. The molecular weight excluding hydrogens is 226 g/mol. The van der Waals surface area contributed by atoms with Crippen LogP contribution in [-0.2, 0) is 29.9 Å². The number of carbonyl (C=O) groups is 3. The van der Waals surface area contributed by atoms with Gasteiger partial charge < -0.3 is 4.84 Å². The fraction of sp³-hybridized carbons (Fsp3) is 0.571. The Kier molecular flexibility index (Phi) is 3.78. The molecule has 0 unspecified atom stereocenters. The van der Waals surface area contributed by atoms with Gasteiger partial charge in [-0.25, -0.2) is 13.2 Å². The average Bonchev–Trinajstić information content (AvgIpc) is 2.46. The quantitative estimate of drug-likeness (QED) is 0.475. The zero-order valence-corrected chi connectivity index (χ0v) is 8.57. The summed E-state index contributed by atoms with van der Waals surface area (Å²) >= 11 is 0. The molecule has 1 aliphatic heterocycles. The molecule has 0 N–H and O–H groups in total. The highest BCUT2D eigenvalue weighted by molar-refractivity contribution is 7.72. The smallest absolute Gasteiger partial charge is 0.330 e. The lowest BCUT2D eigenvalue weighted by Gasteiger charge is -2.11. The highest BCUT2D eigenvalue weighted by Gasteiger charge is 2.32. The molecule has 2 amide bonds. The molecule has 0 bridgehead atoms. The second-order valence-electron chi connectivity index (χ2n) is 2.85. The molecule has 1 fully saturated rings. The first kappa shape index (κ1) is 11.6. The minimum absolute atomic E-state index is 0.0158. The summed E-state index contributed by atoms with van der Waals surface area (Å²) in [5.41, 5.74) is 0. The molecule has 15 heavy (non-hydrogen) atoms. The van der Waals surface area contributed by atoms with Crippen LogP contribution in [0.2, 0.25) is 0 Å². The zero-order chi connectivity index (χ0) is 11.4. The predicted molar refractivity (Wildman–Crippen MR) is 47.0 cm³/mol. The van der Waals surface area contributed by atoms with E-state index in [1.54, 1.807) is 0 Å². The van der Waals surface area contributed by atoms with E-state index in [-0.39, 0.29) is 25.0 Å². The molecule has 84 valence electrons. The molecule has 1 aliphatic rings. The van der Waals surface area contributed by atoms with Crippen LogP contribution < -0.4 is 0 Å². The Balaban J connectivity index is 2.43. The number of hydrogen-bond acceptors (Lipinski definition) is 6. The van der Waals surface area contributed by atoms with Crippen molar-refractivity contribution in [1.29, 1.82) is 0 Å². The minimum Gasteiger partial charge on any atom is -0.330 e. The Hall–Kier alpha value is -1.44. The van der Waals surface area contributed by atoms with Crippen molar-refractivity contribution in [2.45, 2.75) is 19.3 Å². The van der Waals surface area contributed by atoms with Gasteiger partial charge in [-0.1, -0.05) is 0 Å². The Morgan fingerprint density at radius 1 is 1.27 bits per heavy atom. The number of imide groups is 1.